The fraction of sp³-hybridized carbons (Fsp3) is 0.786. The van der Waals surface area contributed by atoms with Crippen LogP contribution in [0.15, 0.2) is 6.20 Å². The van der Waals surface area contributed by atoms with Gasteiger partial charge in [0.2, 0.25) is 0 Å². The van der Waals surface area contributed by atoms with Crippen molar-refractivity contribution in [1.82, 2.24) is 9.78 Å². The third-order valence-corrected chi connectivity index (χ3v) is 1.94. The maximum absolute atomic E-state index is 4.27. The zero-order valence-electron chi connectivity index (χ0n) is 12.3. The molecule has 0 aromatic carbocycles. The third kappa shape index (κ3) is 6.65. The number of rotatable bonds is 3. The fourth-order valence-corrected chi connectivity index (χ4v) is 1.34. The Morgan fingerprint density at radius 1 is 1.12 bits per heavy atom. The van der Waals surface area contributed by atoms with Crippen molar-refractivity contribution in [3.05, 3.63) is 17.5 Å². The molecule has 0 aliphatic carbocycles. The quantitative estimate of drug-likeness (QED) is 0.736. The molecule has 1 heterocycles. The van der Waals surface area contributed by atoms with E-state index in [9.17, 15) is 0 Å². The van der Waals surface area contributed by atoms with Gasteiger partial charge in [-0.15, -0.1) is 0 Å². The van der Waals surface area contributed by atoms with Crippen LogP contribution in [0.25, 0.3) is 0 Å². The largest absolute Gasteiger partial charge is 0.270 e. The highest BCUT2D eigenvalue weighted by molar-refractivity contribution is 5.15. The second-order valence-electron chi connectivity index (χ2n) is 3.55. The SMILES string of the molecule is CC.CCC.CCCc1c(C)cnn1CC. The molecule has 0 radical (unpaired) electrons. The van der Waals surface area contributed by atoms with Gasteiger partial charge in [-0.3, -0.25) is 4.68 Å². The number of aromatic nitrogens is 2. The van der Waals surface area contributed by atoms with Crippen LogP contribution in [-0.2, 0) is 13.0 Å². The van der Waals surface area contributed by atoms with Gasteiger partial charge in [-0.1, -0.05) is 47.5 Å². The summed E-state index contributed by atoms with van der Waals surface area (Å²) in [6.45, 7) is 15.7. The zero-order chi connectivity index (χ0) is 13.0. The van der Waals surface area contributed by atoms with E-state index in [4.69, 9.17) is 0 Å². The average Bonchev–Trinajstić information content (AvgIpc) is 2.65. The Balaban J connectivity index is 0. The molecule has 0 saturated heterocycles. The molecule has 0 unspecified atom stereocenters. The standard InChI is InChI=1S/C9H16N2.C3H8.C2H6/c1-4-6-9-8(3)7-10-11(9)5-2;1-3-2;1-2/h7H,4-6H2,1-3H3;3H2,1-2H3;1-2H3. The predicted molar refractivity (Wildman–Crippen MR) is 73.9 cm³/mol. The van der Waals surface area contributed by atoms with Crippen LogP contribution in [0.2, 0.25) is 0 Å². The van der Waals surface area contributed by atoms with Gasteiger partial charge in [-0.05, 0) is 25.8 Å². The van der Waals surface area contributed by atoms with Crippen molar-refractivity contribution in [1.29, 1.82) is 0 Å². The van der Waals surface area contributed by atoms with Crippen molar-refractivity contribution in [2.45, 2.75) is 74.3 Å². The summed E-state index contributed by atoms with van der Waals surface area (Å²) in [6, 6.07) is 0. The molecule has 16 heavy (non-hydrogen) atoms. The number of aryl methyl sites for hydroxylation is 2. The molecule has 2 nitrogen and oxygen atoms in total. The molecule has 0 bridgehead atoms. The Morgan fingerprint density at radius 2 is 1.62 bits per heavy atom. The fourth-order valence-electron chi connectivity index (χ4n) is 1.34. The monoisotopic (exact) mass is 226 g/mol. The lowest BCUT2D eigenvalue weighted by atomic mass is 10.2. The van der Waals surface area contributed by atoms with E-state index in [1.807, 2.05) is 20.0 Å². The van der Waals surface area contributed by atoms with Gasteiger partial charge in [-0.25, -0.2) is 0 Å². The van der Waals surface area contributed by atoms with Crippen LogP contribution in [0.1, 0.15) is 65.6 Å². The average molecular weight is 226 g/mol. The summed E-state index contributed by atoms with van der Waals surface area (Å²) >= 11 is 0. The second kappa shape index (κ2) is 12.3. The highest BCUT2D eigenvalue weighted by atomic mass is 15.3. The Hall–Kier alpha value is -0.790. The molecule has 96 valence electrons. The van der Waals surface area contributed by atoms with Gasteiger partial charge < -0.3 is 0 Å². The Labute approximate surface area is 102 Å². The molecule has 1 aromatic rings. The van der Waals surface area contributed by atoms with Gasteiger partial charge in [0.15, 0.2) is 0 Å². The van der Waals surface area contributed by atoms with Crippen molar-refractivity contribution in [2.24, 2.45) is 0 Å². The molecule has 0 N–H and O–H groups in total. The van der Waals surface area contributed by atoms with Crippen molar-refractivity contribution >= 4 is 0 Å². The number of hydrogen-bond acceptors (Lipinski definition) is 1. The van der Waals surface area contributed by atoms with E-state index >= 15 is 0 Å². The van der Waals surface area contributed by atoms with Crippen LogP contribution < -0.4 is 0 Å². The van der Waals surface area contributed by atoms with Gasteiger partial charge in [0.1, 0.15) is 0 Å². The van der Waals surface area contributed by atoms with Crippen molar-refractivity contribution in [2.75, 3.05) is 0 Å². The molecule has 0 spiro atoms. The minimum absolute atomic E-state index is 0.989. The first-order valence-corrected chi connectivity index (χ1v) is 6.72. The first kappa shape index (κ1) is 17.6. The summed E-state index contributed by atoms with van der Waals surface area (Å²) in [6.07, 6.45) is 5.56. The Morgan fingerprint density at radius 3 is 2.00 bits per heavy atom. The molecule has 2 heteroatoms. The smallest absolute Gasteiger partial charge is 0.0521 e. The topological polar surface area (TPSA) is 17.8 Å². The van der Waals surface area contributed by atoms with E-state index in [-0.39, 0.29) is 0 Å². The molecule has 0 aliphatic rings. The molecular weight excluding hydrogens is 196 g/mol. The first-order valence-electron chi connectivity index (χ1n) is 6.72. The lowest BCUT2D eigenvalue weighted by molar-refractivity contribution is 0.614. The van der Waals surface area contributed by atoms with Crippen LogP contribution in [0.3, 0.4) is 0 Å². The second-order valence-corrected chi connectivity index (χ2v) is 3.55. The molecule has 1 rings (SSSR count). The van der Waals surface area contributed by atoms with Gasteiger partial charge in [-0.2, -0.15) is 5.10 Å². The molecular formula is C14H30N2. The predicted octanol–water partition coefficient (Wildman–Crippen LogP) is 4.61. The highest BCUT2D eigenvalue weighted by Gasteiger charge is 2.03. The van der Waals surface area contributed by atoms with E-state index in [0.29, 0.717) is 0 Å². The van der Waals surface area contributed by atoms with E-state index in [1.54, 1.807) is 0 Å². The van der Waals surface area contributed by atoms with Crippen molar-refractivity contribution in [3.8, 4) is 0 Å². The number of nitrogens with zero attached hydrogens (tertiary/aromatic N) is 2. The molecule has 0 fully saturated rings. The van der Waals surface area contributed by atoms with Crippen LogP contribution >= 0.6 is 0 Å². The Kier molecular flexibility index (Phi) is 13.5. The van der Waals surface area contributed by atoms with Crippen molar-refractivity contribution < 1.29 is 0 Å². The summed E-state index contributed by atoms with van der Waals surface area (Å²) in [5, 5.41) is 4.27. The lowest BCUT2D eigenvalue weighted by Crippen LogP contribution is -2.02. The molecule has 1 aromatic heterocycles. The normalized spacial score (nSPS) is 8.69. The zero-order valence-corrected chi connectivity index (χ0v) is 12.3. The van der Waals surface area contributed by atoms with E-state index in [0.717, 1.165) is 13.0 Å². The van der Waals surface area contributed by atoms with Gasteiger partial charge in [0.25, 0.3) is 0 Å². The van der Waals surface area contributed by atoms with E-state index < -0.39 is 0 Å². The van der Waals surface area contributed by atoms with Crippen LogP contribution in [-0.4, -0.2) is 9.78 Å². The highest BCUT2D eigenvalue weighted by Crippen LogP contribution is 2.08. The summed E-state index contributed by atoms with van der Waals surface area (Å²) < 4.78 is 2.08. The van der Waals surface area contributed by atoms with Crippen LogP contribution in [0, 0.1) is 6.92 Å². The summed E-state index contributed by atoms with van der Waals surface area (Å²) in [7, 11) is 0. The first-order chi connectivity index (χ1) is 7.71. The minimum atomic E-state index is 0.989. The summed E-state index contributed by atoms with van der Waals surface area (Å²) in [5.41, 5.74) is 2.73. The summed E-state index contributed by atoms with van der Waals surface area (Å²) in [4.78, 5) is 0. The van der Waals surface area contributed by atoms with Crippen LogP contribution in [0.4, 0.5) is 0 Å². The molecule has 0 aliphatic heterocycles. The van der Waals surface area contributed by atoms with Crippen LogP contribution in [0.5, 0.6) is 0 Å². The maximum Gasteiger partial charge on any atom is 0.0521 e. The molecule has 0 amide bonds. The Bertz CT molecular complexity index is 239. The van der Waals surface area contributed by atoms with Gasteiger partial charge >= 0.3 is 0 Å². The molecule has 0 saturated carbocycles. The van der Waals surface area contributed by atoms with E-state index in [1.165, 1.54) is 24.1 Å². The maximum atomic E-state index is 4.27. The third-order valence-electron chi connectivity index (χ3n) is 1.94. The molecule has 0 atom stereocenters. The van der Waals surface area contributed by atoms with Gasteiger partial charge in [0.05, 0.1) is 6.20 Å². The minimum Gasteiger partial charge on any atom is -0.270 e. The van der Waals surface area contributed by atoms with Crippen molar-refractivity contribution in [3.63, 3.8) is 0 Å². The van der Waals surface area contributed by atoms with E-state index in [2.05, 4.69) is 44.4 Å². The number of hydrogen-bond donors (Lipinski definition) is 0. The lowest BCUT2D eigenvalue weighted by Gasteiger charge is -2.03. The van der Waals surface area contributed by atoms with Gasteiger partial charge in [0, 0.05) is 12.2 Å². The summed E-state index contributed by atoms with van der Waals surface area (Å²) in [5.74, 6) is 0.